The molecule has 2 rings (SSSR count). The predicted octanol–water partition coefficient (Wildman–Crippen LogP) is 1.15. The van der Waals surface area contributed by atoms with E-state index >= 15 is 0 Å². The quantitative estimate of drug-likeness (QED) is 0.627. The topological polar surface area (TPSA) is 29.1 Å². The summed E-state index contributed by atoms with van der Waals surface area (Å²) < 4.78 is 0. The Morgan fingerprint density at radius 3 is 2.91 bits per heavy atom. The molecule has 1 fully saturated rings. The lowest BCUT2D eigenvalue weighted by Gasteiger charge is -2.01. The average molecular weight is 149 g/mol. The Morgan fingerprint density at radius 1 is 1.55 bits per heavy atom. The number of carbonyl (C=O) groups is 1. The first-order valence-corrected chi connectivity index (χ1v) is 4.03. The van der Waals surface area contributed by atoms with E-state index in [0.717, 1.165) is 24.8 Å². The van der Waals surface area contributed by atoms with Gasteiger partial charge in [0.25, 0.3) is 0 Å². The highest BCUT2D eigenvalue weighted by Gasteiger charge is 2.24. The normalized spacial score (nSPS) is 21.6. The second-order valence-corrected chi connectivity index (χ2v) is 3.07. The van der Waals surface area contributed by atoms with Crippen LogP contribution in [0.25, 0.3) is 0 Å². The maximum Gasteiger partial charge on any atom is 0.247 e. The van der Waals surface area contributed by atoms with Crippen LogP contribution in [0.2, 0.25) is 0 Å². The van der Waals surface area contributed by atoms with E-state index in [-0.39, 0.29) is 5.91 Å². The zero-order valence-electron chi connectivity index (χ0n) is 6.34. The Bertz CT molecular complexity index is 236. The lowest BCUT2D eigenvalue weighted by atomic mass is 10.2. The molecule has 1 N–H and O–H groups in total. The third-order valence-corrected chi connectivity index (χ3v) is 1.98. The van der Waals surface area contributed by atoms with Gasteiger partial charge in [-0.1, -0.05) is 18.2 Å². The largest absolute Gasteiger partial charge is 0.350 e. The molecular formula is C9H11NO. The lowest BCUT2D eigenvalue weighted by molar-refractivity contribution is -0.117. The Balaban J connectivity index is 1.88. The molecule has 0 aliphatic heterocycles. The zero-order chi connectivity index (χ0) is 7.68. The van der Waals surface area contributed by atoms with Crippen molar-refractivity contribution in [3.63, 3.8) is 0 Å². The van der Waals surface area contributed by atoms with Crippen molar-refractivity contribution in [2.75, 3.05) is 0 Å². The second-order valence-electron chi connectivity index (χ2n) is 3.07. The third kappa shape index (κ3) is 1.50. The molecule has 0 heterocycles. The van der Waals surface area contributed by atoms with E-state index in [1.807, 2.05) is 18.2 Å². The van der Waals surface area contributed by atoms with E-state index in [9.17, 15) is 4.79 Å². The molecule has 0 aromatic heterocycles. The smallest absolute Gasteiger partial charge is 0.247 e. The first kappa shape index (κ1) is 6.65. The Labute approximate surface area is 66.0 Å². The van der Waals surface area contributed by atoms with Gasteiger partial charge in [0.1, 0.15) is 0 Å². The van der Waals surface area contributed by atoms with Crippen molar-refractivity contribution in [2.24, 2.45) is 0 Å². The van der Waals surface area contributed by atoms with Crippen LogP contribution in [-0.2, 0) is 4.79 Å². The van der Waals surface area contributed by atoms with Gasteiger partial charge in [-0.2, -0.15) is 0 Å². The van der Waals surface area contributed by atoms with E-state index in [1.54, 1.807) is 0 Å². The molecule has 1 saturated carbocycles. The first-order valence-electron chi connectivity index (χ1n) is 4.03. The molecule has 0 aromatic carbocycles. The van der Waals surface area contributed by atoms with Crippen molar-refractivity contribution in [2.45, 2.75) is 25.3 Å². The lowest BCUT2D eigenvalue weighted by Crippen LogP contribution is -2.26. The van der Waals surface area contributed by atoms with Gasteiger partial charge in [-0.3, -0.25) is 4.79 Å². The second kappa shape index (κ2) is 2.53. The summed E-state index contributed by atoms with van der Waals surface area (Å²) in [6.45, 7) is 0. The van der Waals surface area contributed by atoms with Gasteiger partial charge in [-0.25, -0.2) is 0 Å². The van der Waals surface area contributed by atoms with Crippen LogP contribution >= 0.6 is 0 Å². The van der Waals surface area contributed by atoms with Gasteiger partial charge < -0.3 is 5.32 Å². The molecule has 0 radical (unpaired) electrons. The molecule has 0 aromatic rings. The van der Waals surface area contributed by atoms with Gasteiger partial charge in [0.05, 0.1) is 0 Å². The highest BCUT2D eigenvalue weighted by molar-refractivity contribution is 5.94. The third-order valence-electron chi connectivity index (χ3n) is 1.98. The summed E-state index contributed by atoms with van der Waals surface area (Å²) in [5, 5.41) is 2.95. The highest BCUT2D eigenvalue weighted by Crippen LogP contribution is 2.20. The summed E-state index contributed by atoms with van der Waals surface area (Å²) in [5.41, 5.74) is 0.900. The van der Waals surface area contributed by atoms with E-state index in [4.69, 9.17) is 0 Å². The fourth-order valence-corrected chi connectivity index (χ4v) is 1.12. The number of allylic oxidation sites excluding steroid dienone is 3. The average Bonchev–Trinajstić information content (AvgIpc) is 2.67. The molecule has 2 heteroatoms. The van der Waals surface area contributed by atoms with Crippen molar-refractivity contribution in [3.05, 3.63) is 23.8 Å². The summed E-state index contributed by atoms with van der Waals surface area (Å²) in [7, 11) is 0. The summed E-state index contributed by atoms with van der Waals surface area (Å²) in [6, 6.07) is 0.476. The van der Waals surface area contributed by atoms with Crippen molar-refractivity contribution in [1.29, 1.82) is 0 Å². The van der Waals surface area contributed by atoms with Gasteiger partial charge in [0, 0.05) is 11.6 Å². The van der Waals surface area contributed by atoms with E-state index < -0.39 is 0 Å². The Hall–Kier alpha value is -1.05. The highest BCUT2D eigenvalue weighted by atomic mass is 16.1. The SMILES string of the molecule is O=C(NC1CC1)C1=CC=CC1. The van der Waals surface area contributed by atoms with Crippen molar-refractivity contribution in [1.82, 2.24) is 5.32 Å². The number of rotatable bonds is 2. The van der Waals surface area contributed by atoms with Gasteiger partial charge >= 0.3 is 0 Å². The molecule has 0 bridgehead atoms. The standard InChI is InChI=1S/C9H11NO/c11-9(10-8-5-6-8)7-3-1-2-4-7/h1-3,8H,4-6H2,(H,10,11). The Morgan fingerprint density at radius 2 is 2.36 bits per heavy atom. The van der Waals surface area contributed by atoms with Gasteiger partial charge in [-0.05, 0) is 19.3 Å². The van der Waals surface area contributed by atoms with Crippen LogP contribution < -0.4 is 5.32 Å². The number of carbonyl (C=O) groups excluding carboxylic acids is 1. The van der Waals surface area contributed by atoms with E-state index in [2.05, 4.69) is 5.32 Å². The molecule has 2 nitrogen and oxygen atoms in total. The molecule has 0 unspecified atom stereocenters. The van der Waals surface area contributed by atoms with Crippen LogP contribution in [0.3, 0.4) is 0 Å². The fraction of sp³-hybridized carbons (Fsp3) is 0.444. The summed E-state index contributed by atoms with van der Waals surface area (Å²) in [6.07, 6.45) is 8.94. The van der Waals surface area contributed by atoms with Gasteiger partial charge in [-0.15, -0.1) is 0 Å². The van der Waals surface area contributed by atoms with Crippen LogP contribution in [0.1, 0.15) is 19.3 Å². The first-order chi connectivity index (χ1) is 5.36. The molecule has 1 amide bonds. The molecular weight excluding hydrogens is 138 g/mol. The van der Waals surface area contributed by atoms with Gasteiger partial charge in [0.15, 0.2) is 0 Å². The van der Waals surface area contributed by atoms with Crippen LogP contribution in [0.4, 0.5) is 0 Å². The summed E-state index contributed by atoms with van der Waals surface area (Å²) >= 11 is 0. The summed E-state index contributed by atoms with van der Waals surface area (Å²) in [4.78, 5) is 11.3. The predicted molar refractivity (Wildman–Crippen MR) is 43.0 cm³/mol. The van der Waals surface area contributed by atoms with Crippen LogP contribution in [0.15, 0.2) is 23.8 Å². The molecule has 0 spiro atoms. The van der Waals surface area contributed by atoms with Crippen LogP contribution in [0.5, 0.6) is 0 Å². The Kier molecular flexibility index (Phi) is 1.53. The molecule has 0 atom stereocenters. The van der Waals surface area contributed by atoms with Crippen molar-refractivity contribution < 1.29 is 4.79 Å². The molecule has 11 heavy (non-hydrogen) atoms. The minimum absolute atomic E-state index is 0.123. The molecule has 0 saturated heterocycles. The minimum atomic E-state index is 0.123. The maximum absolute atomic E-state index is 11.3. The number of nitrogens with one attached hydrogen (secondary N) is 1. The molecule has 2 aliphatic carbocycles. The number of amides is 1. The minimum Gasteiger partial charge on any atom is -0.350 e. The summed E-state index contributed by atoms with van der Waals surface area (Å²) in [5.74, 6) is 0.123. The van der Waals surface area contributed by atoms with Crippen molar-refractivity contribution >= 4 is 5.91 Å². The fourth-order valence-electron chi connectivity index (χ4n) is 1.12. The molecule has 58 valence electrons. The van der Waals surface area contributed by atoms with Crippen LogP contribution in [-0.4, -0.2) is 11.9 Å². The zero-order valence-corrected chi connectivity index (χ0v) is 6.34. The van der Waals surface area contributed by atoms with Crippen molar-refractivity contribution in [3.8, 4) is 0 Å². The monoisotopic (exact) mass is 149 g/mol. The number of hydrogen-bond acceptors (Lipinski definition) is 1. The molecule has 2 aliphatic rings. The maximum atomic E-state index is 11.3. The van der Waals surface area contributed by atoms with Crippen LogP contribution in [0, 0.1) is 0 Å². The number of hydrogen-bond donors (Lipinski definition) is 1. The van der Waals surface area contributed by atoms with Gasteiger partial charge in [0.2, 0.25) is 5.91 Å². The van der Waals surface area contributed by atoms with E-state index in [1.165, 1.54) is 0 Å². The van der Waals surface area contributed by atoms with E-state index in [0.29, 0.717) is 6.04 Å².